The Morgan fingerprint density at radius 3 is 1.62 bits per heavy atom. The molecule has 0 aliphatic carbocycles. The lowest BCUT2D eigenvalue weighted by Gasteiger charge is -1.79. The second kappa shape index (κ2) is 16.8. The lowest BCUT2D eigenvalue weighted by Crippen LogP contribution is -1.90. The highest BCUT2D eigenvalue weighted by molar-refractivity contribution is 5.78. The van der Waals surface area contributed by atoms with E-state index in [1.165, 1.54) is 0 Å². The van der Waals surface area contributed by atoms with Crippen LogP contribution in [0.15, 0.2) is 25.8 Å². The lowest BCUT2D eigenvalue weighted by atomic mass is 10.4. The minimum Gasteiger partial charge on any atom is -0.481 e. The molecular weight excluding hydrogens is 172 g/mol. The minimum atomic E-state index is -0.981. The monoisotopic (exact) mass is 188 g/mol. The Morgan fingerprint density at radius 1 is 1.31 bits per heavy atom. The fourth-order valence-electron chi connectivity index (χ4n) is 0.214. The predicted octanol–water partition coefficient (Wildman–Crippen LogP) is 1.93. The van der Waals surface area contributed by atoms with Gasteiger partial charge in [0.25, 0.3) is 0 Å². The van der Waals surface area contributed by atoms with Crippen LogP contribution in [0.3, 0.4) is 0 Å². The van der Waals surface area contributed by atoms with Crippen molar-refractivity contribution in [3.8, 4) is 0 Å². The van der Waals surface area contributed by atoms with Gasteiger partial charge in [-0.05, 0) is 6.42 Å². The molecule has 4 nitrogen and oxygen atoms in total. The first-order valence-electron chi connectivity index (χ1n) is 3.61. The lowest BCUT2D eigenvalue weighted by molar-refractivity contribution is -0.137. The van der Waals surface area contributed by atoms with E-state index in [1.54, 1.807) is 0 Å². The highest BCUT2D eigenvalue weighted by atomic mass is 16.4. The Hall–Kier alpha value is -1.58. The van der Waals surface area contributed by atoms with Gasteiger partial charge in [-0.3, -0.25) is 4.79 Å². The summed E-state index contributed by atoms with van der Waals surface area (Å²) in [7, 11) is 0. The molecule has 76 valence electrons. The number of aliphatic carboxylic acids is 2. The van der Waals surface area contributed by atoms with E-state index in [-0.39, 0.29) is 0 Å². The van der Waals surface area contributed by atoms with Crippen molar-refractivity contribution < 1.29 is 19.8 Å². The van der Waals surface area contributed by atoms with Crippen molar-refractivity contribution in [2.75, 3.05) is 0 Å². The summed E-state index contributed by atoms with van der Waals surface area (Å²) in [5, 5.41) is 15.5. The van der Waals surface area contributed by atoms with Crippen LogP contribution in [0.4, 0.5) is 0 Å². The molecule has 0 atom stereocenters. The Bertz CT molecular complexity index is 152. The molecule has 0 spiro atoms. The maximum atomic E-state index is 9.60. The van der Waals surface area contributed by atoms with E-state index in [0.717, 1.165) is 12.5 Å². The second-order valence-electron chi connectivity index (χ2n) is 1.69. The number of rotatable bonds is 3. The molecule has 0 aliphatic heterocycles. The van der Waals surface area contributed by atoms with Crippen molar-refractivity contribution in [3.05, 3.63) is 25.8 Å². The quantitative estimate of drug-likeness (QED) is 0.524. The van der Waals surface area contributed by atoms with Crippen molar-refractivity contribution in [1.29, 1.82) is 0 Å². The van der Waals surface area contributed by atoms with E-state index in [0.29, 0.717) is 6.42 Å². The molecule has 0 bridgehead atoms. The summed E-state index contributed by atoms with van der Waals surface area (Å²) >= 11 is 0. The van der Waals surface area contributed by atoms with Crippen LogP contribution < -0.4 is 0 Å². The van der Waals surface area contributed by atoms with Crippen molar-refractivity contribution in [3.63, 3.8) is 0 Å². The fraction of sp³-hybridized carbons (Fsp3) is 0.333. The number of carboxylic acid groups (broad SMARTS) is 2. The number of hydrogen-bond donors (Lipinski definition) is 2. The summed E-state index contributed by atoms with van der Waals surface area (Å²) in [4.78, 5) is 18.8. The van der Waals surface area contributed by atoms with Gasteiger partial charge in [-0.1, -0.05) is 13.5 Å². The van der Waals surface area contributed by atoms with E-state index in [2.05, 4.69) is 19.7 Å². The summed E-state index contributed by atoms with van der Waals surface area (Å²) in [6.45, 7) is 10.8. The number of carbonyl (C=O) groups is 2. The molecule has 0 amide bonds. The number of hydrogen-bond acceptors (Lipinski definition) is 2. The normalized spacial score (nSPS) is 6.54. The van der Waals surface area contributed by atoms with Crippen LogP contribution in [-0.4, -0.2) is 22.2 Å². The summed E-state index contributed by atoms with van der Waals surface area (Å²) < 4.78 is 0. The molecule has 0 aromatic carbocycles. The SMILES string of the molecule is C=C.C=CC(=O)O.CCCC(=O)O. The minimum absolute atomic E-state index is 0.292. The van der Waals surface area contributed by atoms with Gasteiger partial charge in [0.2, 0.25) is 0 Å². The first-order valence-corrected chi connectivity index (χ1v) is 3.61. The Kier molecular flexibility index (Phi) is 22.6. The zero-order valence-corrected chi connectivity index (χ0v) is 7.82. The largest absolute Gasteiger partial charge is 0.481 e. The van der Waals surface area contributed by atoms with E-state index >= 15 is 0 Å². The molecular formula is C9H16O4. The van der Waals surface area contributed by atoms with E-state index in [1.807, 2.05) is 6.92 Å². The summed E-state index contributed by atoms with van der Waals surface area (Å²) in [6.07, 6.45) is 1.86. The average Bonchev–Trinajstić information content (AvgIpc) is 2.09. The molecule has 0 radical (unpaired) electrons. The maximum absolute atomic E-state index is 9.60. The molecule has 0 rings (SSSR count). The second-order valence-corrected chi connectivity index (χ2v) is 1.69. The Balaban J connectivity index is -0.000000131. The van der Waals surface area contributed by atoms with Crippen LogP contribution in [0.1, 0.15) is 19.8 Å². The van der Waals surface area contributed by atoms with E-state index in [9.17, 15) is 9.59 Å². The summed E-state index contributed by atoms with van der Waals surface area (Å²) in [6, 6.07) is 0. The van der Waals surface area contributed by atoms with Crippen LogP contribution in [-0.2, 0) is 9.59 Å². The van der Waals surface area contributed by atoms with Crippen molar-refractivity contribution in [2.24, 2.45) is 0 Å². The first-order chi connectivity index (χ1) is 6.04. The molecule has 0 saturated carbocycles. The van der Waals surface area contributed by atoms with Crippen LogP contribution in [0, 0.1) is 0 Å². The molecule has 0 heterocycles. The van der Waals surface area contributed by atoms with Gasteiger partial charge in [-0.25, -0.2) is 4.79 Å². The molecule has 0 fully saturated rings. The van der Waals surface area contributed by atoms with Crippen molar-refractivity contribution in [1.82, 2.24) is 0 Å². The Labute approximate surface area is 78.2 Å². The standard InChI is InChI=1S/C4H8O2.C3H4O2.C2H4/c1-2-3-4(5)6;1-2-3(4)5;1-2/h2-3H2,1H3,(H,5,6);2H,1H2,(H,4,5);1-2H2. The first kappa shape index (κ1) is 17.5. The third-order valence-corrected chi connectivity index (χ3v) is 0.638. The van der Waals surface area contributed by atoms with Gasteiger partial charge in [0.15, 0.2) is 0 Å². The van der Waals surface area contributed by atoms with Gasteiger partial charge in [-0.15, -0.1) is 13.2 Å². The highest BCUT2D eigenvalue weighted by Crippen LogP contribution is 1.82. The molecule has 13 heavy (non-hydrogen) atoms. The number of carboxylic acids is 2. The van der Waals surface area contributed by atoms with Crippen LogP contribution in [0.25, 0.3) is 0 Å². The molecule has 4 heteroatoms. The Morgan fingerprint density at radius 2 is 1.62 bits per heavy atom. The van der Waals surface area contributed by atoms with E-state index < -0.39 is 11.9 Å². The molecule has 0 aromatic rings. The van der Waals surface area contributed by atoms with Gasteiger partial charge in [-0.2, -0.15) is 0 Å². The fourth-order valence-corrected chi connectivity index (χ4v) is 0.214. The van der Waals surface area contributed by atoms with Gasteiger partial charge < -0.3 is 10.2 Å². The van der Waals surface area contributed by atoms with Crippen molar-refractivity contribution >= 4 is 11.9 Å². The average molecular weight is 188 g/mol. The topological polar surface area (TPSA) is 74.6 Å². The van der Waals surface area contributed by atoms with Crippen LogP contribution in [0.2, 0.25) is 0 Å². The highest BCUT2D eigenvalue weighted by Gasteiger charge is 1.87. The summed E-state index contributed by atoms with van der Waals surface area (Å²) in [5.74, 6) is -1.69. The predicted molar refractivity (Wildman–Crippen MR) is 51.6 cm³/mol. The van der Waals surface area contributed by atoms with Crippen LogP contribution in [0.5, 0.6) is 0 Å². The molecule has 2 N–H and O–H groups in total. The van der Waals surface area contributed by atoms with E-state index in [4.69, 9.17) is 10.2 Å². The van der Waals surface area contributed by atoms with Gasteiger partial charge in [0, 0.05) is 12.5 Å². The third-order valence-electron chi connectivity index (χ3n) is 0.638. The summed E-state index contributed by atoms with van der Waals surface area (Å²) in [5.41, 5.74) is 0. The molecule has 0 aromatic heterocycles. The third kappa shape index (κ3) is 63.2. The zero-order valence-electron chi connectivity index (χ0n) is 7.82. The molecule has 0 unspecified atom stereocenters. The smallest absolute Gasteiger partial charge is 0.327 e. The van der Waals surface area contributed by atoms with Gasteiger partial charge in [0.1, 0.15) is 0 Å². The maximum Gasteiger partial charge on any atom is 0.327 e. The molecule has 0 saturated heterocycles. The van der Waals surface area contributed by atoms with Gasteiger partial charge >= 0.3 is 11.9 Å². The zero-order chi connectivity index (χ0) is 11.3. The van der Waals surface area contributed by atoms with Gasteiger partial charge in [0.05, 0.1) is 0 Å². The van der Waals surface area contributed by atoms with Crippen molar-refractivity contribution in [2.45, 2.75) is 19.8 Å². The van der Waals surface area contributed by atoms with Crippen LogP contribution >= 0.6 is 0 Å². The molecule has 0 aliphatic rings.